The summed E-state index contributed by atoms with van der Waals surface area (Å²) in [4.78, 5) is 35.6. The first-order valence-corrected chi connectivity index (χ1v) is 6.66. The number of pyridine rings is 1. The number of benzene rings is 1. The Morgan fingerprint density at radius 3 is 2.64 bits per heavy atom. The predicted octanol–water partition coefficient (Wildman–Crippen LogP) is 1.58. The first-order chi connectivity index (χ1) is 10.5. The molecule has 0 aliphatic rings. The van der Waals surface area contributed by atoms with Crippen LogP contribution in [-0.4, -0.2) is 23.6 Å². The molecule has 22 heavy (non-hydrogen) atoms. The van der Waals surface area contributed by atoms with Gasteiger partial charge < -0.3 is 14.6 Å². The van der Waals surface area contributed by atoms with Crippen molar-refractivity contribution in [3.8, 4) is 0 Å². The van der Waals surface area contributed by atoms with E-state index >= 15 is 0 Å². The van der Waals surface area contributed by atoms with Crippen LogP contribution in [0.5, 0.6) is 0 Å². The van der Waals surface area contributed by atoms with Crippen molar-refractivity contribution in [3.63, 3.8) is 0 Å². The van der Waals surface area contributed by atoms with E-state index in [0.717, 1.165) is 0 Å². The number of methoxy groups -OCH3 is 1. The van der Waals surface area contributed by atoms with Gasteiger partial charge in [-0.3, -0.25) is 9.59 Å². The molecule has 0 unspecified atom stereocenters. The highest BCUT2D eigenvalue weighted by molar-refractivity contribution is 6.01. The van der Waals surface area contributed by atoms with E-state index in [2.05, 4.69) is 10.1 Å². The average Bonchev–Trinajstić information content (AvgIpc) is 2.51. The van der Waals surface area contributed by atoms with Crippen LogP contribution >= 0.6 is 0 Å². The Bertz CT molecular complexity index is 765. The molecule has 0 atom stereocenters. The topological polar surface area (TPSA) is 77.4 Å². The zero-order chi connectivity index (χ0) is 16.1. The van der Waals surface area contributed by atoms with Crippen LogP contribution in [0.3, 0.4) is 0 Å². The van der Waals surface area contributed by atoms with Gasteiger partial charge in [-0.05, 0) is 25.1 Å². The molecule has 2 rings (SSSR count). The second-order valence-electron chi connectivity index (χ2n) is 4.71. The van der Waals surface area contributed by atoms with Crippen LogP contribution < -0.4 is 10.9 Å². The average molecular weight is 300 g/mol. The van der Waals surface area contributed by atoms with Crippen molar-refractivity contribution in [2.75, 3.05) is 12.4 Å². The van der Waals surface area contributed by atoms with Crippen LogP contribution in [0.15, 0.2) is 47.4 Å². The molecule has 1 N–H and O–H groups in total. The Morgan fingerprint density at radius 2 is 1.91 bits per heavy atom. The molecule has 0 saturated carbocycles. The molecule has 1 heterocycles. The summed E-state index contributed by atoms with van der Waals surface area (Å²) < 4.78 is 5.98. The number of aryl methyl sites for hydroxylation is 1. The van der Waals surface area contributed by atoms with Crippen molar-refractivity contribution in [2.24, 2.45) is 0 Å². The van der Waals surface area contributed by atoms with Gasteiger partial charge >= 0.3 is 5.97 Å². The fourth-order valence-electron chi connectivity index (χ4n) is 2.01. The van der Waals surface area contributed by atoms with Crippen LogP contribution in [0.2, 0.25) is 0 Å². The third-order valence-electron chi connectivity index (χ3n) is 3.13. The first-order valence-electron chi connectivity index (χ1n) is 6.66. The van der Waals surface area contributed by atoms with Gasteiger partial charge in [-0.1, -0.05) is 18.2 Å². The van der Waals surface area contributed by atoms with Gasteiger partial charge in [0.1, 0.15) is 6.54 Å². The van der Waals surface area contributed by atoms with Gasteiger partial charge in [-0.2, -0.15) is 0 Å². The number of hydrogen-bond acceptors (Lipinski definition) is 4. The van der Waals surface area contributed by atoms with E-state index in [1.54, 1.807) is 49.5 Å². The quantitative estimate of drug-likeness (QED) is 0.870. The minimum atomic E-state index is -0.538. The fourth-order valence-corrected chi connectivity index (χ4v) is 2.01. The summed E-state index contributed by atoms with van der Waals surface area (Å²) >= 11 is 0. The number of carbonyl (C=O) groups is 2. The third-order valence-corrected chi connectivity index (χ3v) is 3.13. The Balaban J connectivity index is 2.18. The Kier molecular flexibility index (Phi) is 4.73. The lowest BCUT2D eigenvalue weighted by molar-refractivity contribution is -0.116. The van der Waals surface area contributed by atoms with Crippen molar-refractivity contribution >= 4 is 17.6 Å². The lowest BCUT2D eigenvalue weighted by Gasteiger charge is -2.10. The maximum Gasteiger partial charge on any atom is 0.339 e. The molecular formula is C16H16N2O4. The molecule has 0 bridgehead atoms. The van der Waals surface area contributed by atoms with Gasteiger partial charge in [-0.15, -0.1) is 0 Å². The Hall–Kier alpha value is -2.89. The molecule has 0 fully saturated rings. The highest BCUT2D eigenvalue weighted by atomic mass is 16.5. The third kappa shape index (κ3) is 3.41. The van der Waals surface area contributed by atoms with Gasteiger partial charge in [-0.25, -0.2) is 4.79 Å². The number of amides is 1. The maximum atomic E-state index is 12.1. The number of aromatic nitrogens is 1. The van der Waals surface area contributed by atoms with Gasteiger partial charge in [0.25, 0.3) is 5.56 Å². The minimum absolute atomic E-state index is 0.129. The van der Waals surface area contributed by atoms with Crippen molar-refractivity contribution < 1.29 is 14.3 Å². The second kappa shape index (κ2) is 6.71. The molecule has 0 radical (unpaired) electrons. The summed E-state index contributed by atoms with van der Waals surface area (Å²) in [7, 11) is 1.27. The summed E-state index contributed by atoms with van der Waals surface area (Å²) in [6.07, 6.45) is 1.54. The van der Waals surface area contributed by atoms with E-state index in [4.69, 9.17) is 0 Å². The van der Waals surface area contributed by atoms with Crippen LogP contribution in [0, 0.1) is 6.92 Å². The maximum absolute atomic E-state index is 12.1. The summed E-state index contributed by atoms with van der Waals surface area (Å²) in [5.74, 6) is -0.937. The molecule has 6 heteroatoms. The Labute approximate surface area is 127 Å². The predicted molar refractivity (Wildman–Crippen MR) is 81.9 cm³/mol. The molecular weight excluding hydrogens is 284 g/mol. The monoisotopic (exact) mass is 300 g/mol. The number of carbonyl (C=O) groups excluding carboxylic acids is 2. The molecule has 1 aromatic carbocycles. The molecule has 1 amide bonds. The number of nitrogens with zero attached hydrogens (tertiary/aromatic N) is 1. The van der Waals surface area contributed by atoms with Crippen molar-refractivity contribution in [2.45, 2.75) is 13.5 Å². The van der Waals surface area contributed by atoms with E-state index in [-0.39, 0.29) is 17.7 Å². The SMILES string of the molecule is COC(=O)c1ccccc1NC(=O)Cn1cccc(C)c1=O. The highest BCUT2D eigenvalue weighted by Crippen LogP contribution is 2.15. The van der Waals surface area contributed by atoms with Crippen LogP contribution in [-0.2, 0) is 16.1 Å². The lowest BCUT2D eigenvalue weighted by atomic mass is 10.2. The summed E-state index contributed by atoms with van der Waals surface area (Å²) in [5, 5.41) is 2.62. The van der Waals surface area contributed by atoms with Gasteiger partial charge in [0.2, 0.25) is 5.91 Å². The van der Waals surface area contributed by atoms with Gasteiger partial charge in [0.05, 0.1) is 18.4 Å². The van der Waals surface area contributed by atoms with E-state index in [1.165, 1.54) is 11.7 Å². The number of para-hydroxylation sites is 1. The summed E-state index contributed by atoms with van der Waals surface area (Å²) in [5.41, 5.74) is 0.944. The van der Waals surface area contributed by atoms with Crippen molar-refractivity contribution in [3.05, 3.63) is 64.1 Å². The number of hydrogen-bond donors (Lipinski definition) is 1. The van der Waals surface area contributed by atoms with E-state index in [1.807, 2.05) is 0 Å². The number of rotatable bonds is 4. The van der Waals surface area contributed by atoms with Gasteiger partial charge in [0, 0.05) is 11.8 Å². The standard InChI is InChI=1S/C16H16N2O4/c1-11-6-5-9-18(15(11)20)10-14(19)17-13-8-4-3-7-12(13)16(21)22-2/h3-9H,10H2,1-2H3,(H,17,19). The van der Waals surface area contributed by atoms with Crippen LogP contribution in [0.25, 0.3) is 0 Å². The smallest absolute Gasteiger partial charge is 0.339 e. The number of esters is 1. The van der Waals surface area contributed by atoms with Crippen molar-refractivity contribution in [1.82, 2.24) is 4.57 Å². The highest BCUT2D eigenvalue weighted by Gasteiger charge is 2.13. The Morgan fingerprint density at radius 1 is 1.18 bits per heavy atom. The van der Waals surface area contributed by atoms with E-state index in [0.29, 0.717) is 11.3 Å². The summed E-state index contributed by atoms with van der Waals surface area (Å²) in [6.45, 7) is 1.55. The number of nitrogens with one attached hydrogen (secondary N) is 1. The molecule has 1 aromatic heterocycles. The number of ether oxygens (including phenoxy) is 1. The minimum Gasteiger partial charge on any atom is -0.465 e. The molecule has 114 valence electrons. The molecule has 0 spiro atoms. The fraction of sp³-hybridized carbons (Fsp3) is 0.188. The normalized spacial score (nSPS) is 10.1. The van der Waals surface area contributed by atoms with Gasteiger partial charge in [0.15, 0.2) is 0 Å². The molecule has 2 aromatic rings. The van der Waals surface area contributed by atoms with Crippen LogP contribution in [0.4, 0.5) is 5.69 Å². The molecule has 0 aliphatic carbocycles. The molecule has 6 nitrogen and oxygen atoms in total. The second-order valence-corrected chi connectivity index (χ2v) is 4.71. The summed E-state index contributed by atoms with van der Waals surface area (Å²) in [6, 6.07) is 9.91. The lowest BCUT2D eigenvalue weighted by Crippen LogP contribution is -2.28. The number of anilines is 1. The van der Waals surface area contributed by atoms with Crippen LogP contribution in [0.1, 0.15) is 15.9 Å². The van der Waals surface area contributed by atoms with Crippen molar-refractivity contribution in [1.29, 1.82) is 0 Å². The zero-order valence-corrected chi connectivity index (χ0v) is 12.3. The van der Waals surface area contributed by atoms with E-state index in [9.17, 15) is 14.4 Å². The zero-order valence-electron chi connectivity index (χ0n) is 12.3. The molecule has 0 saturated heterocycles. The first kappa shape index (κ1) is 15.5. The largest absolute Gasteiger partial charge is 0.465 e. The molecule has 0 aliphatic heterocycles. The van der Waals surface area contributed by atoms with E-state index < -0.39 is 11.9 Å².